The van der Waals surface area contributed by atoms with Crippen molar-refractivity contribution in [1.29, 1.82) is 0 Å². The predicted molar refractivity (Wildman–Crippen MR) is 68.7 cm³/mol. The molecular formula is C12H18N2OS. The van der Waals surface area contributed by atoms with E-state index in [1.54, 1.807) is 12.4 Å². The molecule has 4 heteroatoms. The molecule has 0 unspecified atom stereocenters. The fraction of sp³-hybridized carbons (Fsp3) is 0.500. The number of aromatic nitrogens is 1. The Morgan fingerprint density at radius 1 is 1.44 bits per heavy atom. The van der Waals surface area contributed by atoms with Gasteiger partial charge in [-0.2, -0.15) is 12.6 Å². The first-order valence-corrected chi connectivity index (χ1v) is 6.18. The Hall–Kier alpha value is -1.03. The van der Waals surface area contributed by atoms with Crippen LogP contribution in [0.15, 0.2) is 24.5 Å². The molecule has 0 radical (unpaired) electrons. The Labute approximate surface area is 102 Å². The van der Waals surface area contributed by atoms with Crippen molar-refractivity contribution >= 4 is 18.5 Å². The summed E-state index contributed by atoms with van der Waals surface area (Å²) in [5.41, 5.74) is 1.21. The number of hydrogen-bond acceptors (Lipinski definition) is 3. The number of thiol groups is 1. The quantitative estimate of drug-likeness (QED) is 0.767. The average molecular weight is 238 g/mol. The van der Waals surface area contributed by atoms with Gasteiger partial charge >= 0.3 is 0 Å². The van der Waals surface area contributed by atoms with E-state index in [0.29, 0.717) is 12.2 Å². The summed E-state index contributed by atoms with van der Waals surface area (Å²) >= 11 is 4.08. The molecule has 0 N–H and O–H groups in total. The van der Waals surface area contributed by atoms with Crippen LogP contribution in [0.5, 0.6) is 0 Å². The molecule has 3 nitrogen and oxygen atoms in total. The summed E-state index contributed by atoms with van der Waals surface area (Å²) in [5.74, 6) is 0.802. The molecule has 1 heterocycles. The Morgan fingerprint density at radius 3 is 2.69 bits per heavy atom. The van der Waals surface area contributed by atoms with Crippen molar-refractivity contribution < 1.29 is 4.79 Å². The lowest BCUT2D eigenvalue weighted by Gasteiger charge is -2.20. The SMILES string of the molecule is CCN(CCc1ccncc1)C(=O)CCS. The minimum Gasteiger partial charge on any atom is -0.343 e. The third-order valence-electron chi connectivity index (χ3n) is 2.48. The van der Waals surface area contributed by atoms with Crippen molar-refractivity contribution in [3.05, 3.63) is 30.1 Å². The Bertz CT molecular complexity index is 316. The molecule has 1 aromatic rings. The normalized spacial score (nSPS) is 10.1. The predicted octanol–water partition coefficient (Wildman–Crippen LogP) is 1.79. The molecule has 1 rings (SSSR count). The second-order valence-corrected chi connectivity index (χ2v) is 4.00. The zero-order valence-electron chi connectivity index (χ0n) is 9.59. The molecule has 0 saturated carbocycles. The van der Waals surface area contributed by atoms with Gasteiger partial charge in [0.15, 0.2) is 0 Å². The number of likely N-dealkylation sites (N-methyl/N-ethyl adjacent to an activating group) is 1. The molecule has 0 aromatic carbocycles. The van der Waals surface area contributed by atoms with Gasteiger partial charge in [0.1, 0.15) is 0 Å². The number of rotatable bonds is 6. The third-order valence-corrected chi connectivity index (χ3v) is 2.70. The molecule has 0 fully saturated rings. The zero-order valence-corrected chi connectivity index (χ0v) is 10.5. The number of nitrogens with zero attached hydrogens (tertiary/aromatic N) is 2. The first-order valence-electron chi connectivity index (χ1n) is 5.55. The molecule has 0 aliphatic heterocycles. The van der Waals surface area contributed by atoms with E-state index in [-0.39, 0.29) is 5.91 Å². The Balaban J connectivity index is 2.43. The standard InChI is InChI=1S/C12H18N2OS/c1-2-14(12(15)6-10-16)9-5-11-3-7-13-8-4-11/h3-4,7-8,16H,2,5-6,9-10H2,1H3. The van der Waals surface area contributed by atoms with Gasteiger partial charge in [-0.05, 0) is 36.8 Å². The van der Waals surface area contributed by atoms with E-state index in [1.807, 2.05) is 24.0 Å². The molecule has 88 valence electrons. The number of amides is 1. The number of pyridine rings is 1. The van der Waals surface area contributed by atoms with Crippen LogP contribution in [0.2, 0.25) is 0 Å². The second-order valence-electron chi connectivity index (χ2n) is 3.55. The van der Waals surface area contributed by atoms with Gasteiger partial charge in [0.25, 0.3) is 0 Å². The summed E-state index contributed by atoms with van der Waals surface area (Å²) in [6, 6.07) is 3.97. The van der Waals surface area contributed by atoms with Gasteiger partial charge in [-0.3, -0.25) is 9.78 Å². The molecular weight excluding hydrogens is 220 g/mol. The fourth-order valence-electron chi connectivity index (χ4n) is 1.53. The maximum absolute atomic E-state index is 11.7. The summed E-state index contributed by atoms with van der Waals surface area (Å²) < 4.78 is 0. The summed E-state index contributed by atoms with van der Waals surface area (Å²) in [7, 11) is 0. The molecule has 0 bridgehead atoms. The van der Waals surface area contributed by atoms with E-state index in [2.05, 4.69) is 17.6 Å². The Kier molecular flexibility index (Phi) is 5.93. The van der Waals surface area contributed by atoms with Gasteiger partial charge in [-0.1, -0.05) is 0 Å². The molecule has 16 heavy (non-hydrogen) atoms. The monoisotopic (exact) mass is 238 g/mol. The molecule has 0 saturated heterocycles. The van der Waals surface area contributed by atoms with Gasteiger partial charge in [-0.25, -0.2) is 0 Å². The maximum Gasteiger partial charge on any atom is 0.223 e. The van der Waals surface area contributed by atoms with Crippen LogP contribution in [0.3, 0.4) is 0 Å². The lowest BCUT2D eigenvalue weighted by molar-refractivity contribution is -0.130. The van der Waals surface area contributed by atoms with Crippen LogP contribution in [0.1, 0.15) is 18.9 Å². The van der Waals surface area contributed by atoms with E-state index in [9.17, 15) is 4.79 Å². The Morgan fingerprint density at radius 2 is 2.12 bits per heavy atom. The maximum atomic E-state index is 11.7. The number of carbonyl (C=O) groups is 1. The van der Waals surface area contributed by atoms with Gasteiger partial charge < -0.3 is 4.90 Å². The van der Waals surface area contributed by atoms with Crippen molar-refractivity contribution in [2.45, 2.75) is 19.8 Å². The third kappa shape index (κ3) is 4.23. The molecule has 0 atom stereocenters. The second kappa shape index (κ2) is 7.28. The minimum absolute atomic E-state index is 0.187. The highest BCUT2D eigenvalue weighted by Crippen LogP contribution is 2.02. The first-order chi connectivity index (χ1) is 7.77. The summed E-state index contributed by atoms with van der Waals surface area (Å²) in [4.78, 5) is 17.5. The smallest absolute Gasteiger partial charge is 0.223 e. The number of hydrogen-bond donors (Lipinski definition) is 1. The van der Waals surface area contributed by atoms with Crippen LogP contribution in [0, 0.1) is 0 Å². The zero-order chi connectivity index (χ0) is 11.8. The van der Waals surface area contributed by atoms with Crippen molar-refractivity contribution in [3.8, 4) is 0 Å². The van der Waals surface area contributed by atoms with Gasteiger partial charge in [-0.15, -0.1) is 0 Å². The molecule has 1 aromatic heterocycles. The lowest BCUT2D eigenvalue weighted by atomic mass is 10.2. The summed E-state index contributed by atoms with van der Waals surface area (Å²) in [6.07, 6.45) is 4.96. The first kappa shape index (κ1) is 13.0. The molecule has 0 aliphatic rings. The van der Waals surface area contributed by atoms with Crippen molar-refractivity contribution in [3.63, 3.8) is 0 Å². The van der Waals surface area contributed by atoms with Crippen LogP contribution < -0.4 is 0 Å². The van der Waals surface area contributed by atoms with Crippen molar-refractivity contribution in [1.82, 2.24) is 9.88 Å². The van der Waals surface area contributed by atoms with Crippen LogP contribution in [-0.4, -0.2) is 34.6 Å². The van der Waals surface area contributed by atoms with Crippen LogP contribution >= 0.6 is 12.6 Å². The molecule has 1 amide bonds. The summed E-state index contributed by atoms with van der Waals surface area (Å²) in [5, 5.41) is 0. The molecule has 0 spiro atoms. The van der Waals surface area contributed by atoms with Gasteiger partial charge in [0.2, 0.25) is 5.91 Å². The van der Waals surface area contributed by atoms with E-state index >= 15 is 0 Å². The van der Waals surface area contributed by atoms with Crippen molar-refractivity contribution in [2.24, 2.45) is 0 Å². The lowest BCUT2D eigenvalue weighted by Crippen LogP contribution is -2.32. The van der Waals surface area contributed by atoms with Crippen LogP contribution in [0.25, 0.3) is 0 Å². The molecule has 0 aliphatic carbocycles. The highest BCUT2D eigenvalue weighted by molar-refractivity contribution is 7.80. The van der Waals surface area contributed by atoms with Crippen LogP contribution in [0.4, 0.5) is 0 Å². The van der Waals surface area contributed by atoms with E-state index in [4.69, 9.17) is 0 Å². The van der Waals surface area contributed by atoms with Gasteiger partial charge in [0, 0.05) is 31.9 Å². The highest BCUT2D eigenvalue weighted by atomic mass is 32.1. The minimum atomic E-state index is 0.187. The highest BCUT2D eigenvalue weighted by Gasteiger charge is 2.09. The largest absolute Gasteiger partial charge is 0.343 e. The van der Waals surface area contributed by atoms with Crippen LogP contribution in [-0.2, 0) is 11.2 Å². The summed E-state index contributed by atoms with van der Waals surface area (Å²) in [6.45, 7) is 3.54. The topological polar surface area (TPSA) is 33.2 Å². The fourth-order valence-corrected chi connectivity index (χ4v) is 1.72. The van der Waals surface area contributed by atoms with E-state index in [0.717, 1.165) is 19.5 Å². The van der Waals surface area contributed by atoms with Crippen molar-refractivity contribution in [2.75, 3.05) is 18.8 Å². The number of carbonyl (C=O) groups excluding carboxylic acids is 1. The van der Waals surface area contributed by atoms with E-state index < -0.39 is 0 Å². The average Bonchev–Trinajstić information content (AvgIpc) is 2.31. The van der Waals surface area contributed by atoms with E-state index in [1.165, 1.54) is 5.56 Å². The van der Waals surface area contributed by atoms with Gasteiger partial charge in [0.05, 0.1) is 0 Å².